The Morgan fingerprint density at radius 1 is 1.38 bits per heavy atom. The number of halogens is 1. The fourth-order valence-electron chi connectivity index (χ4n) is 1.54. The molecule has 0 unspecified atom stereocenters. The van der Waals surface area contributed by atoms with Gasteiger partial charge in [0.1, 0.15) is 10.8 Å². The van der Waals surface area contributed by atoms with Crippen molar-refractivity contribution < 1.29 is 0 Å². The molecule has 1 saturated carbocycles. The van der Waals surface area contributed by atoms with Crippen LogP contribution < -0.4 is 5.56 Å². The molecule has 0 aliphatic heterocycles. The Bertz CT molecular complexity index is 572. The molecule has 16 heavy (non-hydrogen) atoms. The van der Waals surface area contributed by atoms with Crippen LogP contribution in [0.1, 0.15) is 24.5 Å². The van der Waals surface area contributed by atoms with Crippen LogP contribution in [-0.4, -0.2) is 25.1 Å². The van der Waals surface area contributed by atoms with Crippen LogP contribution in [-0.2, 0) is 0 Å². The van der Waals surface area contributed by atoms with E-state index >= 15 is 0 Å². The molecule has 2 N–H and O–H groups in total. The molecule has 0 aromatic carbocycles. The van der Waals surface area contributed by atoms with Gasteiger partial charge in [0, 0.05) is 5.92 Å². The molecule has 0 spiro atoms. The van der Waals surface area contributed by atoms with Crippen molar-refractivity contribution in [3.8, 4) is 11.6 Å². The molecule has 6 nitrogen and oxygen atoms in total. The van der Waals surface area contributed by atoms with Crippen LogP contribution in [0.25, 0.3) is 11.6 Å². The maximum Gasteiger partial charge on any atom is 0.265 e. The third-order valence-electron chi connectivity index (χ3n) is 2.49. The SMILES string of the molecule is O=c1[nH]c(-c2ncn[nH]2)nc(C2CC2)c1Br. The highest BCUT2D eigenvalue weighted by molar-refractivity contribution is 9.10. The average Bonchev–Trinajstić information content (AvgIpc) is 2.96. The summed E-state index contributed by atoms with van der Waals surface area (Å²) in [4.78, 5) is 22.7. The minimum atomic E-state index is -0.178. The molecule has 1 fully saturated rings. The first kappa shape index (κ1) is 9.71. The predicted molar refractivity (Wildman–Crippen MR) is 59.9 cm³/mol. The van der Waals surface area contributed by atoms with Gasteiger partial charge in [-0.1, -0.05) is 0 Å². The molecule has 1 aliphatic carbocycles. The molecule has 7 heteroatoms. The molecule has 3 rings (SSSR count). The molecular formula is C9H8BrN5O. The highest BCUT2D eigenvalue weighted by atomic mass is 79.9. The quantitative estimate of drug-likeness (QED) is 0.866. The smallest absolute Gasteiger partial charge is 0.265 e. The topological polar surface area (TPSA) is 87.3 Å². The number of hydrogen-bond donors (Lipinski definition) is 2. The van der Waals surface area contributed by atoms with Crippen molar-refractivity contribution >= 4 is 15.9 Å². The number of aromatic nitrogens is 5. The van der Waals surface area contributed by atoms with Gasteiger partial charge in [-0.25, -0.2) is 9.97 Å². The molecule has 1 aliphatic rings. The summed E-state index contributed by atoms with van der Waals surface area (Å²) >= 11 is 3.27. The average molecular weight is 282 g/mol. The second-order valence-electron chi connectivity index (χ2n) is 3.72. The van der Waals surface area contributed by atoms with Gasteiger partial charge in [-0.15, -0.1) is 0 Å². The van der Waals surface area contributed by atoms with Crippen LogP contribution in [0.3, 0.4) is 0 Å². The van der Waals surface area contributed by atoms with Gasteiger partial charge in [-0.2, -0.15) is 5.10 Å². The number of rotatable bonds is 2. The van der Waals surface area contributed by atoms with Gasteiger partial charge in [-0.3, -0.25) is 9.89 Å². The summed E-state index contributed by atoms with van der Waals surface area (Å²) in [6.45, 7) is 0. The second-order valence-corrected chi connectivity index (χ2v) is 4.52. The van der Waals surface area contributed by atoms with Crippen LogP contribution in [0.5, 0.6) is 0 Å². The highest BCUT2D eigenvalue weighted by Gasteiger charge is 2.29. The summed E-state index contributed by atoms with van der Waals surface area (Å²) < 4.78 is 0.526. The lowest BCUT2D eigenvalue weighted by Gasteiger charge is -2.02. The monoisotopic (exact) mass is 281 g/mol. The lowest BCUT2D eigenvalue weighted by atomic mass is 10.3. The number of nitrogens with one attached hydrogen (secondary N) is 2. The maximum atomic E-state index is 11.7. The lowest BCUT2D eigenvalue weighted by Crippen LogP contribution is -2.13. The van der Waals surface area contributed by atoms with E-state index in [4.69, 9.17) is 0 Å². The number of hydrogen-bond acceptors (Lipinski definition) is 4. The highest BCUT2D eigenvalue weighted by Crippen LogP contribution is 2.41. The van der Waals surface area contributed by atoms with Crippen LogP contribution in [0, 0.1) is 0 Å². The summed E-state index contributed by atoms with van der Waals surface area (Å²) in [5.41, 5.74) is 0.637. The van der Waals surface area contributed by atoms with E-state index < -0.39 is 0 Å². The summed E-state index contributed by atoms with van der Waals surface area (Å²) in [5, 5.41) is 6.41. The Morgan fingerprint density at radius 2 is 2.19 bits per heavy atom. The number of nitrogens with zero attached hydrogens (tertiary/aromatic N) is 3. The molecule has 0 bridgehead atoms. The normalized spacial score (nSPS) is 15.3. The van der Waals surface area contributed by atoms with E-state index in [1.54, 1.807) is 0 Å². The van der Waals surface area contributed by atoms with Crippen molar-refractivity contribution in [2.45, 2.75) is 18.8 Å². The van der Waals surface area contributed by atoms with Crippen LogP contribution in [0.2, 0.25) is 0 Å². The molecule has 0 amide bonds. The molecule has 0 atom stereocenters. The Kier molecular flexibility index (Phi) is 2.13. The van der Waals surface area contributed by atoms with E-state index in [0.717, 1.165) is 18.5 Å². The molecule has 2 aromatic heterocycles. The third kappa shape index (κ3) is 1.57. The zero-order valence-electron chi connectivity index (χ0n) is 8.20. The molecule has 82 valence electrons. The minimum Gasteiger partial charge on any atom is -0.303 e. The van der Waals surface area contributed by atoms with E-state index in [1.165, 1.54) is 6.33 Å². The summed E-state index contributed by atoms with van der Waals surface area (Å²) in [6.07, 6.45) is 3.56. The van der Waals surface area contributed by atoms with Gasteiger partial charge >= 0.3 is 0 Å². The molecule has 2 aromatic rings. The van der Waals surface area contributed by atoms with Crippen molar-refractivity contribution in [1.29, 1.82) is 0 Å². The molecule has 0 radical (unpaired) electrons. The van der Waals surface area contributed by atoms with Gasteiger partial charge in [0.25, 0.3) is 5.56 Å². The summed E-state index contributed by atoms with van der Waals surface area (Å²) in [5.74, 6) is 1.32. The second kappa shape index (κ2) is 3.51. The first-order valence-electron chi connectivity index (χ1n) is 4.91. The predicted octanol–water partition coefficient (Wildman–Crippen LogP) is 1.19. The first-order valence-corrected chi connectivity index (χ1v) is 5.70. The van der Waals surface area contributed by atoms with Crippen molar-refractivity contribution in [2.24, 2.45) is 0 Å². The van der Waals surface area contributed by atoms with Crippen molar-refractivity contribution in [3.05, 3.63) is 26.8 Å². The first-order chi connectivity index (χ1) is 7.75. The molecular weight excluding hydrogens is 274 g/mol. The van der Waals surface area contributed by atoms with Gasteiger partial charge in [-0.05, 0) is 28.8 Å². The van der Waals surface area contributed by atoms with Gasteiger partial charge in [0.05, 0.1) is 5.69 Å². The third-order valence-corrected chi connectivity index (χ3v) is 3.26. The number of H-pyrrole nitrogens is 2. The van der Waals surface area contributed by atoms with Gasteiger partial charge in [0.15, 0.2) is 11.6 Å². The van der Waals surface area contributed by atoms with Crippen LogP contribution in [0.4, 0.5) is 0 Å². The van der Waals surface area contributed by atoms with Gasteiger partial charge < -0.3 is 4.98 Å². The van der Waals surface area contributed by atoms with Gasteiger partial charge in [0.2, 0.25) is 0 Å². The zero-order valence-corrected chi connectivity index (χ0v) is 9.78. The largest absolute Gasteiger partial charge is 0.303 e. The summed E-state index contributed by atoms with van der Waals surface area (Å²) in [6, 6.07) is 0. The van der Waals surface area contributed by atoms with Crippen molar-refractivity contribution in [3.63, 3.8) is 0 Å². The Balaban J connectivity index is 2.17. The maximum absolute atomic E-state index is 11.7. The van der Waals surface area contributed by atoms with E-state index in [2.05, 4.69) is 41.1 Å². The van der Waals surface area contributed by atoms with E-state index in [9.17, 15) is 4.79 Å². The molecule has 2 heterocycles. The summed E-state index contributed by atoms with van der Waals surface area (Å²) in [7, 11) is 0. The van der Waals surface area contributed by atoms with E-state index in [1.807, 2.05) is 0 Å². The molecule has 0 saturated heterocycles. The van der Waals surface area contributed by atoms with Crippen LogP contribution in [0.15, 0.2) is 15.6 Å². The fourth-order valence-corrected chi connectivity index (χ4v) is 2.05. The Labute approximate surface area is 98.7 Å². The van der Waals surface area contributed by atoms with Crippen molar-refractivity contribution in [2.75, 3.05) is 0 Å². The number of aromatic amines is 2. The van der Waals surface area contributed by atoms with E-state index in [0.29, 0.717) is 22.0 Å². The standard InChI is InChI=1S/C9H8BrN5O/c10-5-6(4-1-2-4)13-8(14-9(5)16)7-11-3-12-15-7/h3-4H,1-2H2,(H,11,12,15)(H,13,14,16). The minimum absolute atomic E-state index is 0.178. The Hall–Kier alpha value is -1.50. The van der Waals surface area contributed by atoms with Crippen LogP contribution >= 0.6 is 15.9 Å². The van der Waals surface area contributed by atoms with Crippen molar-refractivity contribution in [1.82, 2.24) is 25.1 Å². The fraction of sp³-hybridized carbons (Fsp3) is 0.333. The Morgan fingerprint density at radius 3 is 2.81 bits per heavy atom. The lowest BCUT2D eigenvalue weighted by molar-refractivity contribution is 0.944. The van der Waals surface area contributed by atoms with E-state index in [-0.39, 0.29) is 5.56 Å². The zero-order chi connectivity index (χ0) is 11.1.